The molecular weight excluding hydrogens is 847 g/mol. The number of anilines is 2. The first-order chi connectivity index (χ1) is 28.8. The summed E-state index contributed by atoms with van der Waals surface area (Å²) < 4.78 is 75.3. The lowest BCUT2D eigenvalue weighted by atomic mass is 9.69. The Morgan fingerprint density at radius 1 is 1.13 bits per heavy atom. The molecule has 0 radical (unpaired) electrons. The van der Waals surface area contributed by atoms with Crippen molar-refractivity contribution in [2.75, 3.05) is 49.5 Å². The highest BCUT2D eigenvalue weighted by molar-refractivity contribution is 7.90. The predicted molar refractivity (Wildman–Crippen MR) is 236 cm³/mol. The van der Waals surface area contributed by atoms with Gasteiger partial charge in [-0.15, -0.1) is 15.6 Å². The number of amides is 1. The Kier molecular flexibility index (Phi) is 11.7. The highest BCUT2D eigenvalue weighted by Gasteiger charge is 2.59. The number of hydrogen-bond acceptors (Lipinski definition) is 11. The number of nitrogens with one attached hydrogen (secondary N) is 1. The average molecular weight is 901 g/mol. The van der Waals surface area contributed by atoms with Crippen molar-refractivity contribution in [3.05, 3.63) is 40.4 Å². The third-order valence-corrected chi connectivity index (χ3v) is 15.9. The van der Waals surface area contributed by atoms with E-state index in [1.807, 2.05) is 20.8 Å². The number of thiophene rings is 1. The van der Waals surface area contributed by atoms with Crippen LogP contribution in [-0.4, -0.2) is 97.3 Å². The SMILES string of the molecule is CC[C@H]1N([S@+]([O-])C(C)(C)C)C[C@]12CCCCN(c1nc(OC[C@@]34CCCN3C[C@H](F)C4)nc3c(F)c(-c4ccc(F)c5sc(NC(=O)OC(C)(C)C)c(C#N)c45)c(Cl)cc13)C2. The molecule has 2 aromatic carbocycles. The van der Waals surface area contributed by atoms with E-state index in [1.54, 1.807) is 26.8 Å². The number of benzene rings is 2. The Labute approximate surface area is 367 Å². The zero-order chi connectivity index (χ0) is 43.8. The monoisotopic (exact) mass is 899 g/mol. The zero-order valence-corrected chi connectivity index (χ0v) is 38.1. The molecule has 0 aliphatic carbocycles. The number of halogens is 4. The summed E-state index contributed by atoms with van der Waals surface area (Å²) in [6, 6.07) is 6.23. The molecule has 1 spiro atoms. The van der Waals surface area contributed by atoms with Crippen LogP contribution >= 0.6 is 22.9 Å². The van der Waals surface area contributed by atoms with E-state index in [1.165, 1.54) is 12.1 Å². The molecule has 4 aromatic rings. The van der Waals surface area contributed by atoms with Gasteiger partial charge in [0.25, 0.3) is 0 Å². The number of nitrogens with zero attached hydrogens (tertiary/aromatic N) is 6. The number of nitriles is 1. The topological polar surface area (TPSA) is 130 Å². The number of rotatable bonds is 8. The van der Waals surface area contributed by atoms with Gasteiger partial charge in [-0.1, -0.05) is 31.0 Å². The van der Waals surface area contributed by atoms with Crippen LogP contribution in [0.2, 0.25) is 5.02 Å². The molecule has 6 heterocycles. The summed E-state index contributed by atoms with van der Waals surface area (Å²) in [6.45, 7) is 16.2. The molecule has 4 aliphatic rings. The van der Waals surface area contributed by atoms with Crippen molar-refractivity contribution in [2.24, 2.45) is 5.41 Å². The fourth-order valence-electron chi connectivity index (χ4n) is 10.1. The smallest absolute Gasteiger partial charge is 0.412 e. The van der Waals surface area contributed by atoms with Crippen molar-refractivity contribution in [3.8, 4) is 23.2 Å². The predicted octanol–water partition coefficient (Wildman–Crippen LogP) is 10.2. The van der Waals surface area contributed by atoms with Crippen molar-refractivity contribution >= 4 is 72.2 Å². The van der Waals surface area contributed by atoms with Gasteiger partial charge in [0.2, 0.25) is 0 Å². The van der Waals surface area contributed by atoms with Gasteiger partial charge in [0.15, 0.2) is 5.82 Å². The molecule has 4 saturated heterocycles. The maximum Gasteiger partial charge on any atom is 0.412 e. The number of fused-ring (bicyclic) bond motifs is 3. The quantitative estimate of drug-likeness (QED) is 0.171. The molecule has 4 fully saturated rings. The largest absolute Gasteiger partial charge is 0.597 e. The van der Waals surface area contributed by atoms with Crippen molar-refractivity contribution in [2.45, 2.75) is 122 Å². The molecule has 328 valence electrons. The fraction of sp³-hybridized carbons (Fsp3) is 0.591. The molecule has 1 amide bonds. The van der Waals surface area contributed by atoms with Crippen molar-refractivity contribution in [3.63, 3.8) is 0 Å². The van der Waals surface area contributed by atoms with Gasteiger partial charge in [-0.3, -0.25) is 10.2 Å². The first kappa shape index (κ1) is 44.0. The van der Waals surface area contributed by atoms with Crippen LogP contribution < -0.4 is 15.0 Å². The minimum absolute atomic E-state index is 0.0139. The van der Waals surface area contributed by atoms with Gasteiger partial charge in [-0.05, 0) is 97.9 Å². The molecule has 0 saturated carbocycles. The van der Waals surface area contributed by atoms with Gasteiger partial charge >= 0.3 is 12.1 Å². The standard InChI is InChI=1S/C44H53ClF3N7O4S2/c1-8-31-43(23-55(31)61(57)42(5,6)7)14-9-10-16-53(22-43)37-27-18-29(45)33(34(48)35(27)50-39(51-37)58-24-44-15-11-17-54(44)21-25(46)19-44)26-12-13-30(47)36-32(26)28(20-49)38(60-36)52-40(56)59-41(2,3)4/h12-13,18,25,31H,8-11,14-17,19,21-24H2,1-7H3,(H,52,56)/t25-,31-,43-,44+,61-/m1/s1. The Bertz CT molecular complexity index is 2420. The second-order valence-corrected chi connectivity index (χ2v) is 22.7. The second kappa shape index (κ2) is 16.2. The van der Waals surface area contributed by atoms with E-state index in [0.29, 0.717) is 43.8 Å². The Morgan fingerprint density at radius 3 is 2.61 bits per heavy atom. The molecule has 4 aliphatic heterocycles. The highest BCUT2D eigenvalue weighted by Crippen LogP contribution is 2.51. The molecule has 11 nitrogen and oxygen atoms in total. The Morgan fingerprint density at radius 2 is 1.90 bits per heavy atom. The summed E-state index contributed by atoms with van der Waals surface area (Å²) in [6.07, 6.45) is 3.72. The average Bonchev–Trinajstić information content (AvgIpc) is 3.76. The number of carbonyl (C=O) groups is 1. The van der Waals surface area contributed by atoms with Crippen LogP contribution in [0.5, 0.6) is 6.01 Å². The number of aromatic nitrogens is 2. The lowest BCUT2D eigenvalue weighted by molar-refractivity contribution is -0.0142. The molecule has 61 heavy (non-hydrogen) atoms. The lowest BCUT2D eigenvalue weighted by Crippen LogP contribution is -2.70. The first-order valence-electron chi connectivity index (χ1n) is 21.1. The van der Waals surface area contributed by atoms with E-state index in [2.05, 4.69) is 32.4 Å². The van der Waals surface area contributed by atoms with E-state index in [4.69, 9.17) is 31.0 Å². The van der Waals surface area contributed by atoms with Crippen molar-refractivity contribution < 1.29 is 32.0 Å². The summed E-state index contributed by atoms with van der Waals surface area (Å²) in [5, 5.41) is 13.4. The van der Waals surface area contributed by atoms with Gasteiger partial charge < -0.3 is 18.9 Å². The van der Waals surface area contributed by atoms with E-state index in [9.17, 15) is 19.0 Å². The van der Waals surface area contributed by atoms with Gasteiger partial charge in [0.05, 0.1) is 33.4 Å². The van der Waals surface area contributed by atoms with Crippen LogP contribution in [0.15, 0.2) is 18.2 Å². The maximum atomic E-state index is 17.7. The number of ether oxygens (including phenoxy) is 2. The van der Waals surface area contributed by atoms with Gasteiger partial charge in [0.1, 0.15) is 51.3 Å². The van der Waals surface area contributed by atoms with E-state index < -0.39 is 51.1 Å². The maximum absolute atomic E-state index is 17.7. The summed E-state index contributed by atoms with van der Waals surface area (Å²) in [5.41, 5.74) is -1.69. The Balaban J connectivity index is 1.25. The summed E-state index contributed by atoms with van der Waals surface area (Å²) in [7, 11) is 0. The third kappa shape index (κ3) is 8.01. The van der Waals surface area contributed by atoms with Crippen molar-refractivity contribution in [1.82, 2.24) is 19.2 Å². The van der Waals surface area contributed by atoms with Crippen LogP contribution in [0.1, 0.15) is 99.0 Å². The number of alkyl halides is 1. The van der Waals surface area contributed by atoms with Crippen LogP contribution in [0.3, 0.4) is 0 Å². The molecule has 1 N–H and O–H groups in total. The zero-order valence-electron chi connectivity index (χ0n) is 35.7. The van der Waals surface area contributed by atoms with Crippen LogP contribution in [-0.2, 0) is 16.1 Å². The molecule has 17 heteroatoms. The fourth-order valence-corrected chi connectivity index (χ4v) is 13.2. The summed E-state index contributed by atoms with van der Waals surface area (Å²) in [5.74, 6) is -1.05. The van der Waals surface area contributed by atoms with Crippen LogP contribution in [0.25, 0.3) is 32.1 Å². The second-order valence-electron chi connectivity index (χ2n) is 19.1. The molecular formula is C44H53ClF3N7O4S2. The van der Waals surface area contributed by atoms with Crippen LogP contribution in [0.4, 0.5) is 28.8 Å². The van der Waals surface area contributed by atoms with E-state index in [0.717, 1.165) is 56.4 Å². The Hall–Kier alpha value is -3.59. The first-order valence-corrected chi connectivity index (χ1v) is 23.4. The van der Waals surface area contributed by atoms with Crippen molar-refractivity contribution in [1.29, 1.82) is 5.26 Å². The third-order valence-electron chi connectivity index (χ3n) is 12.7. The van der Waals surface area contributed by atoms with Crippen LogP contribution in [0, 0.1) is 28.4 Å². The van der Waals surface area contributed by atoms with Gasteiger partial charge in [-0.2, -0.15) is 15.2 Å². The van der Waals surface area contributed by atoms with E-state index in [-0.39, 0.29) is 66.4 Å². The minimum Gasteiger partial charge on any atom is -0.597 e. The molecule has 0 unspecified atom stereocenters. The summed E-state index contributed by atoms with van der Waals surface area (Å²) in [4.78, 5) is 26.8. The molecule has 2 aromatic heterocycles. The molecule has 5 atom stereocenters. The van der Waals surface area contributed by atoms with E-state index >= 15 is 8.78 Å². The number of carbonyl (C=O) groups excluding carboxylic acids is 1. The van der Waals surface area contributed by atoms with Gasteiger partial charge in [0, 0.05) is 59.2 Å². The lowest BCUT2D eigenvalue weighted by Gasteiger charge is -2.58. The minimum atomic E-state index is -1.20. The summed E-state index contributed by atoms with van der Waals surface area (Å²) >= 11 is 6.73. The highest BCUT2D eigenvalue weighted by atomic mass is 35.5. The van der Waals surface area contributed by atoms with Gasteiger partial charge in [-0.25, -0.2) is 18.0 Å². The number of hydrogen-bond donors (Lipinski definition) is 1. The normalized spacial score (nSPS) is 25.4. The molecule has 8 rings (SSSR count). The molecule has 0 bridgehead atoms.